The Kier molecular flexibility index (Phi) is 4.53. The zero-order valence-corrected chi connectivity index (χ0v) is 15.4. The largest absolute Gasteiger partial charge is 0.573 e. The second-order valence-electron chi connectivity index (χ2n) is 6.67. The molecule has 3 aromatic rings. The maximum atomic E-state index is 12.5. The van der Waals surface area contributed by atoms with Crippen molar-refractivity contribution in [3.63, 3.8) is 0 Å². The fourth-order valence-electron chi connectivity index (χ4n) is 3.34. The number of halogens is 3. The Morgan fingerprint density at radius 1 is 1.11 bits per heavy atom. The van der Waals surface area contributed by atoms with Crippen LogP contribution in [-0.2, 0) is 9.84 Å². The molecule has 0 amide bonds. The molecule has 0 N–H and O–H groups in total. The Bertz CT molecular complexity index is 1110. The Morgan fingerprint density at radius 2 is 1.86 bits per heavy atom. The molecule has 3 heterocycles. The van der Waals surface area contributed by atoms with Gasteiger partial charge in [0.05, 0.1) is 29.1 Å². The van der Waals surface area contributed by atoms with Crippen molar-refractivity contribution in [2.24, 2.45) is 0 Å². The van der Waals surface area contributed by atoms with Gasteiger partial charge in [0.2, 0.25) is 0 Å². The molecule has 1 aliphatic heterocycles. The van der Waals surface area contributed by atoms with Crippen molar-refractivity contribution in [3.8, 4) is 17.0 Å². The van der Waals surface area contributed by atoms with Crippen LogP contribution in [0.5, 0.6) is 5.75 Å². The molecule has 0 spiro atoms. The number of nitrogens with zero attached hydrogens (tertiary/aromatic N) is 3. The third-order valence-electron chi connectivity index (χ3n) is 4.72. The highest BCUT2D eigenvalue weighted by Crippen LogP contribution is 2.30. The number of benzene rings is 1. The maximum Gasteiger partial charge on any atom is 0.573 e. The lowest BCUT2D eigenvalue weighted by atomic mass is 9.99. The molecule has 0 saturated carbocycles. The van der Waals surface area contributed by atoms with Crippen molar-refractivity contribution in [2.45, 2.75) is 25.1 Å². The second kappa shape index (κ2) is 6.77. The van der Waals surface area contributed by atoms with Crippen molar-refractivity contribution in [2.75, 3.05) is 11.5 Å². The van der Waals surface area contributed by atoms with E-state index < -0.39 is 16.2 Å². The summed E-state index contributed by atoms with van der Waals surface area (Å²) in [6, 6.07) is 9.20. The zero-order chi connectivity index (χ0) is 19.9. The highest BCUT2D eigenvalue weighted by Gasteiger charge is 2.31. The number of rotatable bonds is 3. The number of alkyl halides is 3. The Morgan fingerprint density at radius 3 is 2.57 bits per heavy atom. The number of aromatic nitrogens is 3. The molecule has 1 aliphatic rings. The zero-order valence-electron chi connectivity index (χ0n) is 14.6. The van der Waals surface area contributed by atoms with Gasteiger partial charge >= 0.3 is 6.36 Å². The first-order chi connectivity index (χ1) is 13.2. The number of fused-ring (bicyclic) bond motifs is 1. The van der Waals surface area contributed by atoms with Crippen LogP contribution in [0.1, 0.15) is 24.5 Å². The number of sulfone groups is 1. The molecule has 0 unspecified atom stereocenters. The molecular formula is C18H16F3N3O3S. The van der Waals surface area contributed by atoms with Crippen LogP contribution in [0.25, 0.3) is 16.9 Å². The van der Waals surface area contributed by atoms with Crippen LogP contribution in [-0.4, -0.2) is 40.9 Å². The lowest BCUT2D eigenvalue weighted by molar-refractivity contribution is -0.274. The molecule has 1 fully saturated rings. The summed E-state index contributed by atoms with van der Waals surface area (Å²) in [5, 5.41) is 4.58. The lowest BCUT2D eigenvalue weighted by Crippen LogP contribution is -2.23. The average Bonchev–Trinajstić information content (AvgIpc) is 3.03. The Balaban J connectivity index is 1.68. The van der Waals surface area contributed by atoms with Gasteiger partial charge in [-0.05, 0) is 37.1 Å². The van der Waals surface area contributed by atoms with Gasteiger partial charge in [0.25, 0.3) is 0 Å². The molecule has 2 aromatic heterocycles. The summed E-state index contributed by atoms with van der Waals surface area (Å²) in [5.41, 5.74) is 2.28. The summed E-state index contributed by atoms with van der Waals surface area (Å²) in [7, 11) is -2.98. The molecule has 1 saturated heterocycles. The number of ether oxygens (including phenoxy) is 1. The summed E-state index contributed by atoms with van der Waals surface area (Å²) >= 11 is 0. The first kappa shape index (κ1) is 18.7. The summed E-state index contributed by atoms with van der Waals surface area (Å²) in [5.74, 6) is -0.0487. The monoisotopic (exact) mass is 411 g/mol. The molecule has 0 radical (unpaired) electrons. The van der Waals surface area contributed by atoms with Gasteiger partial charge in [0, 0.05) is 11.5 Å². The molecule has 1 aromatic carbocycles. The van der Waals surface area contributed by atoms with Crippen LogP contribution in [0.3, 0.4) is 0 Å². The van der Waals surface area contributed by atoms with Crippen molar-refractivity contribution >= 4 is 15.5 Å². The van der Waals surface area contributed by atoms with Crippen LogP contribution in [0.15, 0.2) is 42.6 Å². The topological polar surface area (TPSA) is 73.6 Å². The highest BCUT2D eigenvalue weighted by atomic mass is 32.2. The van der Waals surface area contributed by atoms with Crippen LogP contribution < -0.4 is 4.74 Å². The van der Waals surface area contributed by atoms with Crippen molar-refractivity contribution in [1.82, 2.24) is 14.6 Å². The van der Waals surface area contributed by atoms with Gasteiger partial charge in [0.15, 0.2) is 5.65 Å². The fourth-order valence-corrected chi connectivity index (χ4v) is 4.83. The quantitative estimate of drug-likeness (QED) is 0.659. The molecular weight excluding hydrogens is 395 g/mol. The minimum Gasteiger partial charge on any atom is -0.406 e. The van der Waals surface area contributed by atoms with Crippen molar-refractivity contribution in [1.29, 1.82) is 0 Å². The Hall–Kier alpha value is -2.62. The van der Waals surface area contributed by atoms with E-state index in [-0.39, 0.29) is 23.2 Å². The summed E-state index contributed by atoms with van der Waals surface area (Å²) < 4.78 is 66.3. The molecule has 0 bridgehead atoms. The second-order valence-corrected chi connectivity index (χ2v) is 8.98. The van der Waals surface area contributed by atoms with E-state index in [9.17, 15) is 21.6 Å². The highest BCUT2D eigenvalue weighted by molar-refractivity contribution is 7.91. The molecule has 6 nitrogen and oxygen atoms in total. The predicted molar refractivity (Wildman–Crippen MR) is 95.7 cm³/mol. The van der Waals surface area contributed by atoms with Gasteiger partial charge in [-0.3, -0.25) is 0 Å². The maximum absolute atomic E-state index is 12.5. The van der Waals surface area contributed by atoms with Crippen LogP contribution >= 0.6 is 0 Å². The third-order valence-corrected chi connectivity index (χ3v) is 6.43. The van der Waals surface area contributed by atoms with Gasteiger partial charge in [-0.15, -0.1) is 13.2 Å². The van der Waals surface area contributed by atoms with Gasteiger partial charge < -0.3 is 4.74 Å². The van der Waals surface area contributed by atoms with E-state index in [4.69, 9.17) is 0 Å². The minimum atomic E-state index is -4.77. The molecule has 4 rings (SSSR count). The van der Waals surface area contributed by atoms with Crippen molar-refractivity contribution in [3.05, 3.63) is 48.3 Å². The first-order valence-corrected chi connectivity index (χ1v) is 10.4. The van der Waals surface area contributed by atoms with Gasteiger partial charge in [-0.2, -0.15) is 5.10 Å². The minimum absolute atomic E-state index is 0.0167. The van der Waals surface area contributed by atoms with E-state index >= 15 is 0 Å². The normalized spacial score (nSPS) is 17.7. The summed E-state index contributed by atoms with van der Waals surface area (Å²) in [6.07, 6.45) is -2.24. The summed E-state index contributed by atoms with van der Waals surface area (Å²) in [6.45, 7) is 0. The Labute approximate surface area is 158 Å². The van der Waals surface area contributed by atoms with E-state index in [0.717, 1.165) is 5.69 Å². The number of imidazole rings is 1. The number of hydrogen-bond acceptors (Lipinski definition) is 5. The van der Waals surface area contributed by atoms with Crippen LogP contribution in [0.4, 0.5) is 13.2 Å². The van der Waals surface area contributed by atoms with E-state index in [1.54, 1.807) is 16.6 Å². The van der Waals surface area contributed by atoms with Gasteiger partial charge in [-0.25, -0.2) is 17.9 Å². The van der Waals surface area contributed by atoms with E-state index in [1.807, 2.05) is 6.07 Å². The average molecular weight is 411 g/mol. The van der Waals surface area contributed by atoms with Crippen LogP contribution in [0.2, 0.25) is 0 Å². The van der Waals surface area contributed by atoms with E-state index in [1.165, 1.54) is 24.4 Å². The SMILES string of the molecule is O=S1(=O)CCC(c2ccc3ncc(-c4cccc(OC(F)(F)F)c4)n3n2)CC1. The molecule has 28 heavy (non-hydrogen) atoms. The molecule has 148 valence electrons. The summed E-state index contributed by atoms with van der Waals surface area (Å²) in [4.78, 5) is 4.25. The van der Waals surface area contributed by atoms with Gasteiger partial charge in [0.1, 0.15) is 15.6 Å². The third kappa shape index (κ3) is 3.96. The standard InChI is InChI=1S/C18H16F3N3O3S/c19-18(20,21)27-14-3-1-2-13(10-14)16-11-22-17-5-4-15(23-24(16)17)12-6-8-28(25,26)9-7-12/h1-5,10-12H,6-9H2. The molecule has 0 atom stereocenters. The van der Waals surface area contributed by atoms with Crippen LogP contribution in [0, 0.1) is 0 Å². The smallest absolute Gasteiger partial charge is 0.406 e. The van der Waals surface area contributed by atoms with Crippen molar-refractivity contribution < 1.29 is 26.3 Å². The fraction of sp³-hybridized carbons (Fsp3) is 0.333. The van der Waals surface area contributed by atoms with E-state index in [2.05, 4.69) is 14.8 Å². The first-order valence-electron chi connectivity index (χ1n) is 8.61. The van der Waals surface area contributed by atoms with Gasteiger partial charge in [-0.1, -0.05) is 12.1 Å². The van der Waals surface area contributed by atoms with E-state index in [0.29, 0.717) is 29.7 Å². The molecule has 10 heteroatoms. The predicted octanol–water partition coefficient (Wildman–Crippen LogP) is 3.59. The molecule has 0 aliphatic carbocycles. The number of hydrogen-bond donors (Lipinski definition) is 0. The lowest BCUT2D eigenvalue weighted by Gasteiger charge is -2.21.